The first-order valence-electron chi connectivity index (χ1n) is 7.84. The van der Waals surface area contributed by atoms with E-state index in [1.54, 1.807) is 18.2 Å². The maximum absolute atomic E-state index is 12.2. The molecule has 1 heterocycles. The second-order valence-electron chi connectivity index (χ2n) is 5.21. The van der Waals surface area contributed by atoms with Crippen LogP contribution in [-0.4, -0.2) is 29.4 Å². The Morgan fingerprint density at radius 2 is 1.85 bits per heavy atom. The van der Waals surface area contributed by atoms with Crippen molar-refractivity contribution in [3.63, 3.8) is 0 Å². The lowest BCUT2D eigenvalue weighted by Crippen LogP contribution is -2.35. The highest BCUT2D eigenvalue weighted by molar-refractivity contribution is 6.04. The van der Waals surface area contributed by atoms with Crippen molar-refractivity contribution in [2.45, 2.75) is 6.42 Å². The van der Waals surface area contributed by atoms with Gasteiger partial charge >= 0.3 is 5.97 Å². The molecule has 0 spiro atoms. The Morgan fingerprint density at radius 3 is 2.50 bits per heavy atom. The molecule has 26 heavy (non-hydrogen) atoms. The van der Waals surface area contributed by atoms with Crippen LogP contribution in [0.3, 0.4) is 0 Å². The molecule has 1 aromatic heterocycles. The molecule has 7 heteroatoms. The molecule has 2 aromatic rings. The highest BCUT2D eigenvalue weighted by atomic mass is 16.4. The minimum absolute atomic E-state index is 0.0481. The third-order valence-corrected chi connectivity index (χ3v) is 3.18. The summed E-state index contributed by atoms with van der Waals surface area (Å²) in [5.74, 6) is -1.76. The monoisotopic (exact) mass is 354 g/mol. The maximum Gasteiger partial charge on any atom is 0.305 e. The van der Waals surface area contributed by atoms with E-state index in [0.717, 1.165) is 5.56 Å². The first-order valence-corrected chi connectivity index (χ1v) is 7.84. The molecular weight excluding hydrogens is 336 g/mol. The van der Waals surface area contributed by atoms with Crippen molar-refractivity contribution in [1.82, 2.24) is 10.6 Å². The lowest BCUT2D eigenvalue weighted by molar-refractivity contribution is -0.137. The van der Waals surface area contributed by atoms with Gasteiger partial charge in [0.2, 0.25) is 5.91 Å². The van der Waals surface area contributed by atoms with Gasteiger partial charge in [-0.15, -0.1) is 0 Å². The van der Waals surface area contributed by atoms with Crippen LogP contribution in [0, 0.1) is 0 Å². The summed E-state index contributed by atoms with van der Waals surface area (Å²) in [4.78, 5) is 34.9. The van der Waals surface area contributed by atoms with Crippen LogP contribution in [0.25, 0.3) is 12.2 Å². The van der Waals surface area contributed by atoms with Crippen LogP contribution in [0.1, 0.15) is 17.7 Å². The van der Waals surface area contributed by atoms with Crippen LogP contribution >= 0.6 is 0 Å². The zero-order valence-electron chi connectivity index (χ0n) is 13.8. The Balaban J connectivity index is 2.06. The molecule has 3 N–H and O–H groups in total. The van der Waals surface area contributed by atoms with Gasteiger partial charge in [-0.25, -0.2) is 0 Å². The van der Waals surface area contributed by atoms with Crippen LogP contribution in [-0.2, 0) is 14.4 Å². The summed E-state index contributed by atoms with van der Waals surface area (Å²) in [6.45, 7) is -0.0562. The number of rotatable bonds is 8. The molecule has 134 valence electrons. The molecule has 2 rings (SSSR count). The minimum Gasteiger partial charge on any atom is -0.481 e. The van der Waals surface area contributed by atoms with Crippen molar-refractivity contribution in [2.75, 3.05) is 6.54 Å². The molecule has 2 amide bonds. The van der Waals surface area contributed by atoms with E-state index in [1.807, 2.05) is 30.3 Å². The van der Waals surface area contributed by atoms with Gasteiger partial charge in [-0.05, 0) is 23.8 Å². The fourth-order valence-corrected chi connectivity index (χ4v) is 1.96. The fraction of sp³-hybridized carbons (Fsp3) is 0.105. The van der Waals surface area contributed by atoms with E-state index in [9.17, 15) is 14.4 Å². The molecule has 0 fully saturated rings. The number of furan rings is 1. The summed E-state index contributed by atoms with van der Waals surface area (Å²) in [7, 11) is 0. The molecule has 0 saturated heterocycles. The third kappa shape index (κ3) is 6.48. The summed E-state index contributed by atoms with van der Waals surface area (Å²) in [5, 5.41) is 13.6. The highest BCUT2D eigenvalue weighted by Crippen LogP contribution is 2.07. The molecule has 0 aliphatic rings. The van der Waals surface area contributed by atoms with Gasteiger partial charge in [0.1, 0.15) is 11.5 Å². The summed E-state index contributed by atoms with van der Waals surface area (Å²) in [6.07, 6.45) is 5.49. The minimum atomic E-state index is -1.03. The van der Waals surface area contributed by atoms with Crippen LogP contribution < -0.4 is 10.6 Å². The van der Waals surface area contributed by atoms with Crippen LogP contribution in [0.5, 0.6) is 0 Å². The van der Waals surface area contributed by atoms with E-state index in [0.29, 0.717) is 5.76 Å². The van der Waals surface area contributed by atoms with Crippen LogP contribution in [0.15, 0.2) is 64.9 Å². The number of nitrogens with one attached hydrogen (secondary N) is 2. The number of amides is 2. The predicted molar refractivity (Wildman–Crippen MR) is 95.6 cm³/mol. The standard InChI is InChI=1S/C19H18N2O5/c22-17(9-8-14-5-2-1-3-6-14)21-16(13-15-7-4-12-26-15)19(25)20-11-10-18(23)24/h1-9,12-13H,10-11H2,(H,20,25)(H,21,22)(H,23,24). The van der Waals surface area contributed by atoms with Gasteiger partial charge in [-0.2, -0.15) is 0 Å². The lowest BCUT2D eigenvalue weighted by Gasteiger charge is -2.08. The molecule has 0 aliphatic heterocycles. The van der Waals surface area contributed by atoms with Gasteiger partial charge in [0.05, 0.1) is 12.7 Å². The van der Waals surface area contributed by atoms with Gasteiger partial charge in [-0.3, -0.25) is 14.4 Å². The largest absolute Gasteiger partial charge is 0.481 e. The molecule has 1 aromatic carbocycles. The number of carboxylic acids is 1. The Bertz CT molecular complexity index is 808. The topological polar surface area (TPSA) is 109 Å². The molecule has 0 saturated carbocycles. The van der Waals surface area contributed by atoms with E-state index in [4.69, 9.17) is 9.52 Å². The van der Waals surface area contributed by atoms with Crippen molar-refractivity contribution < 1.29 is 23.9 Å². The molecular formula is C19H18N2O5. The number of carbonyl (C=O) groups is 3. The van der Waals surface area contributed by atoms with Gasteiger partial charge in [-0.1, -0.05) is 30.3 Å². The van der Waals surface area contributed by atoms with E-state index in [-0.39, 0.29) is 18.7 Å². The maximum atomic E-state index is 12.2. The molecule has 0 bridgehead atoms. The van der Waals surface area contributed by atoms with Gasteiger partial charge in [0, 0.05) is 18.7 Å². The summed E-state index contributed by atoms with van der Waals surface area (Å²) in [6, 6.07) is 12.5. The summed E-state index contributed by atoms with van der Waals surface area (Å²) < 4.78 is 5.15. The molecule has 7 nitrogen and oxygen atoms in total. The van der Waals surface area contributed by atoms with Gasteiger partial charge < -0.3 is 20.2 Å². The molecule has 0 unspecified atom stereocenters. The SMILES string of the molecule is O=C(O)CCNC(=O)C(=Cc1ccco1)NC(=O)C=Cc1ccccc1. The van der Waals surface area contributed by atoms with Crippen molar-refractivity contribution in [3.05, 3.63) is 71.8 Å². The zero-order chi connectivity index (χ0) is 18.8. The van der Waals surface area contributed by atoms with Crippen LogP contribution in [0.4, 0.5) is 0 Å². The van der Waals surface area contributed by atoms with Gasteiger partial charge in [0.25, 0.3) is 5.91 Å². The third-order valence-electron chi connectivity index (χ3n) is 3.18. The van der Waals surface area contributed by atoms with E-state index < -0.39 is 17.8 Å². The Morgan fingerprint density at radius 1 is 1.08 bits per heavy atom. The lowest BCUT2D eigenvalue weighted by atomic mass is 10.2. The van der Waals surface area contributed by atoms with Crippen molar-refractivity contribution in [2.24, 2.45) is 0 Å². The van der Waals surface area contributed by atoms with E-state index in [2.05, 4.69) is 10.6 Å². The quantitative estimate of drug-likeness (QED) is 0.629. The number of carbonyl (C=O) groups excluding carboxylic acids is 2. The number of hydrogen-bond donors (Lipinski definition) is 3. The average molecular weight is 354 g/mol. The molecule has 0 aliphatic carbocycles. The number of benzene rings is 1. The van der Waals surface area contributed by atoms with E-state index >= 15 is 0 Å². The van der Waals surface area contributed by atoms with Crippen molar-refractivity contribution >= 4 is 29.9 Å². The second-order valence-corrected chi connectivity index (χ2v) is 5.21. The Hall–Kier alpha value is -3.61. The highest BCUT2D eigenvalue weighted by Gasteiger charge is 2.13. The number of hydrogen-bond acceptors (Lipinski definition) is 4. The smallest absolute Gasteiger partial charge is 0.305 e. The number of aliphatic carboxylic acids is 1. The molecule has 0 radical (unpaired) electrons. The molecule has 0 atom stereocenters. The Kier molecular flexibility index (Phi) is 6.93. The summed E-state index contributed by atoms with van der Waals surface area (Å²) >= 11 is 0. The first-order chi connectivity index (χ1) is 12.5. The van der Waals surface area contributed by atoms with E-state index in [1.165, 1.54) is 18.4 Å². The first kappa shape index (κ1) is 18.7. The number of carboxylic acid groups (broad SMARTS) is 1. The van der Waals surface area contributed by atoms with Crippen LogP contribution in [0.2, 0.25) is 0 Å². The van der Waals surface area contributed by atoms with Crippen molar-refractivity contribution in [3.8, 4) is 0 Å². The Labute approximate surface area is 150 Å². The van der Waals surface area contributed by atoms with Gasteiger partial charge in [0.15, 0.2) is 0 Å². The summed E-state index contributed by atoms with van der Waals surface area (Å²) in [5.41, 5.74) is 0.790. The fourth-order valence-electron chi connectivity index (χ4n) is 1.96. The zero-order valence-corrected chi connectivity index (χ0v) is 13.8. The second kappa shape index (κ2) is 9.63. The average Bonchev–Trinajstić information content (AvgIpc) is 3.13. The normalized spacial score (nSPS) is 11.3. The predicted octanol–water partition coefficient (Wildman–Crippen LogP) is 2.04. The van der Waals surface area contributed by atoms with Crippen molar-refractivity contribution in [1.29, 1.82) is 0 Å².